The van der Waals surface area contributed by atoms with Gasteiger partial charge in [0.15, 0.2) is 0 Å². The summed E-state index contributed by atoms with van der Waals surface area (Å²) in [6.07, 6.45) is 8.44. The number of nitrogens with zero attached hydrogens (tertiary/aromatic N) is 4. The summed E-state index contributed by atoms with van der Waals surface area (Å²) in [5, 5.41) is 16.4. The lowest BCUT2D eigenvalue weighted by molar-refractivity contribution is -0.384. The van der Waals surface area contributed by atoms with Crippen molar-refractivity contribution in [1.82, 2.24) is 24.5 Å². The Bertz CT molecular complexity index is 2860. The molecule has 346 valence electrons. The van der Waals surface area contributed by atoms with Gasteiger partial charge >= 0.3 is 0 Å². The van der Waals surface area contributed by atoms with E-state index in [0.717, 1.165) is 60.5 Å². The number of allylic oxidation sites excluding steroid dienone is 1. The normalized spacial score (nSPS) is 19.6. The molecule has 3 aliphatic heterocycles. The number of pyridine rings is 1. The first-order valence-corrected chi connectivity index (χ1v) is 23.9. The highest BCUT2D eigenvalue weighted by atomic mass is 35.5. The maximum atomic E-state index is 15.3. The van der Waals surface area contributed by atoms with Crippen molar-refractivity contribution in [3.8, 4) is 11.5 Å². The fourth-order valence-corrected chi connectivity index (χ4v) is 10.2. The summed E-state index contributed by atoms with van der Waals surface area (Å²) in [7, 11) is -4.62. The molecule has 18 heteroatoms. The minimum absolute atomic E-state index is 0.0416. The molecule has 3 N–H and O–H groups in total. The number of rotatable bonds is 14. The number of H-pyrrole nitrogens is 1. The molecule has 15 nitrogen and oxygen atoms in total. The van der Waals surface area contributed by atoms with Crippen molar-refractivity contribution in [3.63, 3.8) is 0 Å². The van der Waals surface area contributed by atoms with Crippen LogP contribution in [0.2, 0.25) is 5.02 Å². The van der Waals surface area contributed by atoms with E-state index < -0.39 is 31.4 Å². The van der Waals surface area contributed by atoms with E-state index in [1.54, 1.807) is 36.5 Å². The third-order valence-electron chi connectivity index (χ3n) is 12.9. The number of anilines is 1. The highest BCUT2D eigenvalue weighted by Crippen LogP contribution is 2.44. The molecule has 3 aromatic carbocycles. The first-order valence-electron chi connectivity index (χ1n) is 22.0. The number of aromatic nitrogens is 2. The first-order chi connectivity index (χ1) is 31.7. The number of benzene rings is 3. The summed E-state index contributed by atoms with van der Waals surface area (Å²) < 4.78 is 62.4. The number of nitrogens with one attached hydrogen (secondary N) is 3. The van der Waals surface area contributed by atoms with Crippen LogP contribution in [0, 0.1) is 21.3 Å². The van der Waals surface area contributed by atoms with Crippen molar-refractivity contribution in [1.29, 1.82) is 0 Å². The number of amides is 1. The smallest absolute Gasteiger partial charge is 0.293 e. The molecule has 66 heavy (non-hydrogen) atoms. The molecule has 2 saturated heterocycles. The van der Waals surface area contributed by atoms with Crippen LogP contribution >= 0.6 is 11.6 Å². The van der Waals surface area contributed by atoms with Gasteiger partial charge in [0, 0.05) is 67.5 Å². The van der Waals surface area contributed by atoms with E-state index in [1.165, 1.54) is 36.0 Å². The van der Waals surface area contributed by atoms with Crippen molar-refractivity contribution in [3.05, 3.63) is 128 Å². The number of carbonyl (C=O) groups excluding carboxylic acids is 1. The molecule has 5 heterocycles. The van der Waals surface area contributed by atoms with Crippen molar-refractivity contribution in [2.75, 3.05) is 64.4 Å². The number of nitro groups is 1. The van der Waals surface area contributed by atoms with Crippen molar-refractivity contribution in [2.24, 2.45) is 5.41 Å². The van der Waals surface area contributed by atoms with Gasteiger partial charge in [-0.15, -0.1) is 0 Å². The van der Waals surface area contributed by atoms with E-state index in [1.807, 2.05) is 6.07 Å². The molecule has 1 amide bonds. The molecule has 9 rings (SSSR count). The van der Waals surface area contributed by atoms with E-state index in [9.17, 15) is 23.3 Å². The van der Waals surface area contributed by atoms with Crippen LogP contribution in [0.5, 0.6) is 11.5 Å². The van der Waals surface area contributed by atoms with E-state index >= 15 is 4.39 Å². The lowest BCUT2D eigenvalue weighted by Gasteiger charge is -2.42. The second kappa shape index (κ2) is 18.9. The molecular formula is C48H51ClFN7O8S. The first kappa shape index (κ1) is 45.5. The summed E-state index contributed by atoms with van der Waals surface area (Å²) in [4.78, 5) is 37.1. The number of sulfonamides is 1. The van der Waals surface area contributed by atoms with Crippen molar-refractivity contribution >= 4 is 61.1 Å². The van der Waals surface area contributed by atoms with E-state index in [4.69, 9.17) is 25.8 Å². The van der Waals surface area contributed by atoms with Crippen molar-refractivity contribution < 1.29 is 36.7 Å². The number of hydrogen-bond donors (Lipinski definition) is 3. The lowest BCUT2D eigenvalue weighted by atomic mass is 9.72. The summed E-state index contributed by atoms with van der Waals surface area (Å²) in [6.45, 7) is 9.99. The van der Waals surface area contributed by atoms with Crippen LogP contribution in [0.25, 0.3) is 22.2 Å². The number of aromatic amines is 1. The number of nitro benzene ring substituents is 1. The summed E-state index contributed by atoms with van der Waals surface area (Å²) in [6, 6.07) is 17.2. The van der Waals surface area contributed by atoms with Crippen LogP contribution < -0.4 is 14.8 Å². The molecule has 4 aliphatic rings. The lowest BCUT2D eigenvalue weighted by Crippen LogP contribution is -2.56. The predicted octanol–water partition coefficient (Wildman–Crippen LogP) is 8.44. The SMILES string of the molecule is CC1(C)CCC(CN2CC=C(c3ccc(C(=O)NS(=O)(=O)c4ccc(NCC5CN(C6COC6)CCO5)c([N+](=O)[O-])c4)c(Oc4cnc5[nH]ccc5c4)c3)CC2)=C(c2ccc(Cl)cc2F)C1. The van der Waals surface area contributed by atoms with Gasteiger partial charge in [-0.3, -0.25) is 24.7 Å². The number of ether oxygens (including phenoxy) is 3. The zero-order chi connectivity index (χ0) is 46.2. The summed E-state index contributed by atoms with van der Waals surface area (Å²) in [5.74, 6) is -0.902. The minimum Gasteiger partial charge on any atom is -0.455 e. The van der Waals surface area contributed by atoms with Crippen LogP contribution in [-0.2, 0) is 19.5 Å². The molecule has 1 atom stereocenters. The number of carbonyl (C=O) groups is 1. The molecule has 1 unspecified atom stereocenters. The number of halogens is 2. The van der Waals surface area contributed by atoms with Gasteiger partial charge in [0.05, 0.1) is 53.5 Å². The molecule has 0 spiro atoms. The maximum absolute atomic E-state index is 15.3. The second-order valence-corrected chi connectivity index (χ2v) is 20.2. The van der Waals surface area contributed by atoms with Crippen LogP contribution in [0.1, 0.15) is 61.0 Å². The van der Waals surface area contributed by atoms with Crippen molar-refractivity contribution in [2.45, 2.75) is 56.6 Å². The highest BCUT2D eigenvalue weighted by molar-refractivity contribution is 7.90. The van der Waals surface area contributed by atoms with E-state index in [2.05, 4.69) is 49.7 Å². The van der Waals surface area contributed by atoms with Gasteiger partial charge in [0.2, 0.25) is 0 Å². The maximum Gasteiger partial charge on any atom is 0.293 e. The third-order valence-corrected chi connectivity index (χ3v) is 14.4. The highest BCUT2D eigenvalue weighted by Gasteiger charge is 2.33. The third kappa shape index (κ3) is 10.2. The number of morpholine rings is 1. The van der Waals surface area contributed by atoms with Gasteiger partial charge in [-0.05, 0) is 96.3 Å². The zero-order valence-corrected chi connectivity index (χ0v) is 38.2. The topological polar surface area (TPSA) is 181 Å². The summed E-state index contributed by atoms with van der Waals surface area (Å²) in [5.41, 5.74) is 4.91. The fourth-order valence-electron chi connectivity index (χ4n) is 9.08. The van der Waals surface area contributed by atoms with E-state index in [-0.39, 0.29) is 40.9 Å². The molecule has 0 radical (unpaired) electrons. The Morgan fingerprint density at radius 2 is 1.94 bits per heavy atom. The molecule has 0 saturated carbocycles. The minimum atomic E-state index is -4.62. The molecule has 0 bridgehead atoms. The second-order valence-electron chi connectivity index (χ2n) is 18.1. The molecule has 2 aromatic heterocycles. The zero-order valence-electron chi connectivity index (χ0n) is 36.6. The van der Waals surface area contributed by atoms with Gasteiger partial charge in [0.25, 0.3) is 21.6 Å². The molecule has 2 fully saturated rings. The van der Waals surface area contributed by atoms with Gasteiger partial charge in [-0.25, -0.2) is 22.5 Å². The van der Waals surface area contributed by atoms with Crippen LogP contribution in [0.3, 0.4) is 0 Å². The number of fused-ring (bicyclic) bond motifs is 1. The average molecular weight is 940 g/mol. The Kier molecular flexibility index (Phi) is 13.0. The largest absolute Gasteiger partial charge is 0.455 e. The van der Waals surface area contributed by atoms with Gasteiger partial charge in [-0.1, -0.05) is 49.2 Å². The van der Waals surface area contributed by atoms with Gasteiger partial charge < -0.3 is 24.5 Å². The monoisotopic (exact) mass is 939 g/mol. The summed E-state index contributed by atoms with van der Waals surface area (Å²) >= 11 is 6.11. The molecule has 5 aromatic rings. The van der Waals surface area contributed by atoms with Crippen LogP contribution in [0.4, 0.5) is 15.8 Å². The standard InChI is InChI=1S/C48H51ClFN7O8S/c1-48(2)13-9-33(41(23-48)39-7-4-34(49)21-42(39)50)26-55-15-11-30(12-16-55)31-3-6-40(45(20-31)65-36-19-32-10-14-51-46(32)53-24-36)47(58)54-66(61,62)38-5-8-43(44(22-38)57(59)60)52-25-37-27-56(17-18-64-37)35-28-63-29-35/h3-8,10-11,14,19-22,24,35,37,52H,9,12-13,15-18,23,25-29H2,1-2H3,(H,51,53)(H,54,58). The Morgan fingerprint density at radius 3 is 2.70 bits per heavy atom. The Hall–Kier alpha value is -5.69. The molecular weight excluding hydrogens is 889 g/mol. The van der Waals surface area contributed by atoms with Gasteiger partial charge in [0.1, 0.15) is 28.7 Å². The van der Waals surface area contributed by atoms with E-state index in [0.29, 0.717) is 73.9 Å². The Labute approximate surface area is 387 Å². The quantitative estimate of drug-likeness (QED) is 0.0715. The predicted molar refractivity (Wildman–Crippen MR) is 250 cm³/mol. The van der Waals surface area contributed by atoms with Crippen LogP contribution in [0.15, 0.2) is 95.7 Å². The Balaban J connectivity index is 0.933. The number of hydrogen-bond acceptors (Lipinski definition) is 12. The fraction of sp³-hybridized carbons (Fsp3) is 0.375. The average Bonchev–Trinajstić information content (AvgIpc) is 3.74. The molecule has 1 aliphatic carbocycles. The Morgan fingerprint density at radius 1 is 1.09 bits per heavy atom. The van der Waals surface area contributed by atoms with Crippen LogP contribution in [-0.4, -0.2) is 110 Å². The van der Waals surface area contributed by atoms with Gasteiger partial charge in [-0.2, -0.15) is 0 Å².